The van der Waals surface area contributed by atoms with Crippen LogP contribution < -0.4 is 14.9 Å². The van der Waals surface area contributed by atoms with Crippen molar-refractivity contribution in [2.24, 2.45) is 16.9 Å². The van der Waals surface area contributed by atoms with E-state index in [1.54, 1.807) is 32.6 Å². The molecule has 202 valence electrons. The monoisotopic (exact) mass is 527 g/mol. The first kappa shape index (κ1) is 26.4. The molecule has 0 unspecified atom stereocenters. The summed E-state index contributed by atoms with van der Waals surface area (Å²) in [6.07, 6.45) is 1.57. The van der Waals surface area contributed by atoms with Crippen molar-refractivity contribution in [2.45, 2.75) is 11.8 Å². The number of morpholine rings is 1. The maximum absolute atomic E-state index is 13.9. The molecule has 8 heteroatoms. The van der Waals surface area contributed by atoms with Crippen LogP contribution in [0.15, 0.2) is 84.0 Å². The normalized spacial score (nSPS) is 22.7. The van der Waals surface area contributed by atoms with Gasteiger partial charge >= 0.3 is 0 Å². The highest BCUT2D eigenvalue weighted by atomic mass is 16.5. The van der Waals surface area contributed by atoms with Crippen LogP contribution in [0.5, 0.6) is 11.5 Å². The van der Waals surface area contributed by atoms with Gasteiger partial charge in [-0.2, -0.15) is 5.10 Å². The lowest BCUT2D eigenvalue weighted by atomic mass is 9.51. The maximum atomic E-state index is 13.9. The largest absolute Gasteiger partial charge is 0.493 e. The molecular formula is C31H33N3O5. The van der Waals surface area contributed by atoms with Gasteiger partial charge in [0.1, 0.15) is 0 Å². The van der Waals surface area contributed by atoms with E-state index in [4.69, 9.17) is 14.2 Å². The van der Waals surface area contributed by atoms with Crippen LogP contribution in [0.25, 0.3) is 0 Å². The van der Waals surface area contributed by atoms with Gasteiger partial charge in [-0.05, 0) is 34.9 Å². The number of nitrogens with zero attached hydrogens (tertiary/aromatic N) is 2. The Labute approximate surface area is 228 Å². The van der Waals surface area contributed by atoms with Crippen molar-refractivity contribution >= 4 is 18.0 Å². The summed E-state index contributed by atoms with van der Waals surface area (Å²) in [6.45, 7) is 2.17. The standard InChI is InChI=1S/C31H33N3O5/c1-37-24-14-13-21(19-25(24)38-2)20-32-33-30(35)28-26(22-9-5-3-6-10-22)29(27(28)23-11-7-4-8-12-23)31(36)34-15-17-39-18-16-34/h3-14,19-20,26-29H,15-18H2,1-2H3,(H,33,35)/b32-20-/t26-,27-,28?,29?/m1/s1. The van der Waals surface area contributed by atoms with Crippen LogP contribution in [-0.2, 0) is 14.3 Å². The highest BCUT2D eigenvalue weighted by Crippen LogP contribution is 2.58. The first-order valence-electron chi connectivity index (χ1n) is 13.1. The number of methoxy groups -OCH3 is 2. The Kier molecular flexibility index (Phi) is 8.22. The van der Waals surface area contributed by atoms with E-state index in [0.29, 0.717) is 37.8 Å². The zero-order valence-corrected chi connectivity index (χ0v) is 22.2. The molecule has 2 aliphatic rings. The van der Waals surface area contributed by atoms with Gasteiger partial charge in [0.05, 0.1) is 45.5 Å². The molecule has 2 amide bonds. The summed E-state index contributed by atoms with van der Waals surface area (Å²) in [7, 11) is 3.15. The molecule has 0 radical (unpaired) electrons. The zero-order chi connectivity index (χ0) is 27.2. The van der Waals surface area contributed by atoms with E-state index < -0.39 is 5.92 Å². The lowest BCUT2D eigenvalue weighted by Crippen LogP contribution is -2.57. The minimum atomic E-state index is -0.465. The van der Waals surface area contributed by atoms with E-state index in [1.807, 2.05) is 71.6 Å². The first-order valence-corrected chi connectivity index (χ1v) is 13.1. The quantitative estimate of drug-likeness (QED) is 0.355. The molecule has 8 nitrogen and oxygen atoms in total. The van der Waals surface area contributed by atoms with Crippen LogP contribution in [0.3, 0.4) is 0 Å². The van der Waals surface area contributed by atoms with Crippen LogP contribution in [0.2, 0.25) is 0 Å². The number of carbonyl (C=O) groups excluding carboxylic acids is 2. The molecule has 1 heterocycles. The first-order chi connectivity index (χ1) is 19.1. The third-order valence-corrected chi connectivity index (χ3v) is 7.62. The van der Waals surface area contributed by atoms with Crippen LogP contribution in [0.1, 0.15) is 28.5 Å². The molecule has 1 aliphatic heterocycles. The van der Waals surface area contributed by atoms with Crippen molar-refractivity contribution in [2.75, 3.05) is 40.5 Å². The number of hydrazone groups is 1. The Morgan fingerprint density at radius 3 is 2.00 bits per heavy atom. The fourth-order valence-corrected chi connectivity index (χ4v) is 5.73. The Morgan fingerprint density at radius 1 is 0.846 bits per heavy atom. The third kappa shape index (κ3) is 5.52. The van der Waals surface area contributed by atoms with Gasteiger partial charge in [-0.15, -0.1) is 0 Å². The lowest BCUT2D eigenvalue weighted by Gasteiger charge is -2.52. The minimum absolute atomic E-state index is 0.0684. The van der Waals surface area contributed by atoms with E-state index in [1.165, 1.54) is 0 Å². The van der Waals surface area contributed by atoms with Crippen molar-refractivity contribution in [3.63, 3.8) is 0 Å². The summed E-state index contributed by atoms with van der Waals surface area (Å²) in [5, 5.41) is 4.26. The number of hydrogen-bond acceptors (Lipinski definition) is 6. The van der Waals surface area contributed by atoms with Crippen LogP contribution in [0.4, 0.5) is 0 Å². The molecule has 3 aromatic carbocycles. The predicted octanol–water partition coefficient (Wildman–Crippen LogP) is 3.83. The number of ether oxygens (including phenoxy) is 3. The Bertz CT molecular complexity index is 1260. The highest BCUT2D eigenvalue weighted by Gasteiger charge is 2.58. The number of benzene rings is 3. The van der Waals surface area contributed by atoms with Crippen molar-refractivity contribution in [1.82, 2.24) is 10.3 Å². The average Bonchev–Trinajstić information content (AvgIpc) is 2.98. The van der Waals surface area contributed by atoms with E-state index in [9.17, 15) is 9.59 Å². The van der Waals surface area contributed by atoms with Crippen molar-refractivity contribution < 1.29 is 23.8 Å². The lowest BCUT2D eigenvalue weighted by molar-refractivity contribution is -0.151. The Morgan fingerprint density at radius 2 is 1.44 bits per heavy atom. The highest BCUT2D eigenvalue weighted by molar-refractivity contribution is 5.91. The molecule has 2 atom stereocenters. The van der Waals surface area contributed by atoms with E-state index >= 15 is 0 Å². The number of amides is 2. The molecule has 2 fully saturated rings. The van der Waals surface area contributed by atoms with Gasteiger partial charge in [0.2, 0.25) is 11.8 Å². The van der Waals surface area contributed by atoms with E-state index in [2.05, 4.69) is 10.5 Å². The summed E-state index contributed by atoms with van der Waals surface area (Å²) in [5.74, 6) is -0.346. The number of carbonyl (C=O) groups is 2. The molecule has 0 bridgehead atoms. The summed E-state index contributed by atoms with van der Waals surface area (Å²) in [5.41, 5.74) is 5.45. The van der Waals surface area contributed by atoms with Crippen molar-refractivity contribution in [3.05, 3.63) is 95.6 Å². The van der Waals surface area contributed by atoms with Crippen LogP contribution in [0, 0.1) is 11.8 Å². The summed E-state index contributed by atoms with van der Waals surface area (Å²) in [6, 6.07) is 25.1. The van der Waals surface area contributed by atoms with Gasteiger partial charge in [-0.25, -0.2) is 5.43 Å². The molecule has 0 spiro atoms. The van der Waals surface area contributed by atoms with E-state index in [0.717, 1.165) is 16.7 Å². The summed E-state index contributed by atoms with van der Waals surface area (Å²) >= 11 is 0. The fraction of sp³-hybridized carbons (Fsp3) is 0.323. The molecule has 1 N–H and O–H groups in total. The van der Waals surface area contributed by atoms with Gasteiger partial charge in [0, 0.05) is 24.9 Å². The van der Waals surface area contributed by atoms with Crippen LogP contribution >= 0.6 is 0 Å². The molecule has 1 saturated carbocycles. The predicted molar refractivity (Wildman–Crippen MR) is 148 cm³/mol. The topological polar surface area (TPSA) is 89.5 Å². The van der Waals surface area contributed by atoms with E-state index in [-0.39, 0.29) is 29.6 Å². The number of rotatable bonds is 8. The molecule has 5 rings (SSSR count). The molecular weight excluding hydrogens is 494 g/mol. The summed E-state index contributed by atoms with van der Waals surface area (Å²) < 4.78 is 16.1. The van der Waals surface area contributed by atoms with Crippen molar-refractivity contribution in [3.8, 4) is 11.5 Å². The van der Waals surface area contributed by atoms with Crippen molar-refractivity contribution in [1.29, 1.82) is 0 Å². The molecule has 1 aliphatic carbocycles. The van der Waals surface area contributed by atoms with Gasteiger partial charge in [0.15, 0.2) is 11.5 Å². The second-order valence-corrected chi connectivity index (χ2v) is 9.71. The second kappa shape index (κ2) is 12.1. The van der Waals surface area contributed by atoms with Gasteiger partial charge in [-0.1, -0.05) is 60.7 Å². The second-order valence-electron chi connectivity index (χ2n) is 9.71. The van der Waals surface area contributed by atoms with Crippen LogP contribution in [-0.4, -0.2) is 63.5 Å². The number of nitrogens with one attached hydrogen (secondary N) is 1. The fourth-order valence-electron chi connectivity index (χ4n) is 5.73. The Hall–Kier alpha value is -4.17. The zero-order valence-electron chi connectivity index (χ0n) is 22.2. The molecule has 3 aromatic rings. The van der Waals surface area contributed by atoms with Gasteiger partial charge in [-0.3, -0.25) is 9.59 Å². The summed E-state index contributed by atoms with van der Waals surface area (Å²) in [4.78, 5) is 29.5. The third-order valence-electron chi connectivity index (χ3n) is 7.62. The molecule has 39 heavy (non-hydrogen) atoms. The molecule has 1 saturated heterocycles. The minimum Gasteiger partial charge on any atom is -0.493 e. The maximum Gasteiger partial charge on any atom is 0.244 e. The SMILES string of the molecule is COc1ccc(/C=N\NC(=O)C2[C@@H](c3ccccc3)C(C(=O)N3CCOCC3)[C@@H]2c2ccccc2)cc1OC. The average molecular weight is 528 g/mol. The number of hydrogen-bond donors (Lipinski definition) is 1. The Balaban J connectivity index is 1.44. The van der Waals surface area contributed by atoms with Gasteiger partial charge in [0.25, 0.3) is 0 Å². The smallest absolute Gasteiger partial charge is 0.244 e. The van der Waals surface area contributed by atoms with Gasteiger partial charge < -0.3 is 19.1 Å². The molecule has 0 aromatic heterocycles.